The van der Waals surface area contributed by atoms with E-state index in [0.717, 1.165) is 25.2 Å². The largest absolute Gasteiger partial charge is 0.315 e. The number of hydrogen-bond acceptors (Lipinski definition) is 3. The van der Waals surface area contributed by atoms with Gasteiger partial charge in [-0.2, -0.15) is 5.26 Å². The van der Waals surface area contributed by atoms with Crippen molar-refractivity contribution in [2.24, 2.45) is 0 Å². The Kier molecular flexibility index (Phi) is 3.33. The summed E-state index contributed by atoms with van der Waals surface area (Å²) in [5.74, 6) is 0. The molecule has 0 unspecified atom stereocenters. The SMILES string of the molecule is N#Cc1ccc(CN[C@@H]2CCNC2)cc1. The fourth-order valence-corrected chi connectivity index (χ4v) is 1.79. The lowest BCUT2D eigenvalue weighted by Gasteiger charge is -2.10. The molecule has 15 heavy (non-hydrogen) atoms. The number of benzene rings is 1. The van der Waals surface area contributed by atoms with E-state index in [9.17, 15) is 0 Å². The zero-order valence-corrected chi connectivity index (χ0v) is 8.66. The Morgan fingerprint density at radius 2 is 2.20 bits per heavy atom. The van der Waals surface area contributed by atoms with Crippen LogP contribution in [0.25, 0.3) is 0 Å². The van der Waals surface area contributed by atoms with Crippen LogP contribution in [0.5, 0.6) is 0 Å². The highest BCUT2D eigenvalue weighted by Gasteiger charge is 2.12. The molecule has 1 atom stereocenters. The summed E-state index contributed by atoms with van der Waals surface area (Å²) in [4.78, 5) is 0. The molecule has 0 aliphatic carbocycles. The molecule has 78 valence electrons. The minimum Gasteiger partial charge on any atom is -0.315 e. The van der Waals surface area contributed by atoms with Crippen molar-refractivity contribution in [3.8, 4) is 6.07 Å². The molecule has 0 radical (unpaired) electrons. The Bertz CT molecular complexity index is 344. The molecule has 1 saturated heterocycles. The average molecular weight is 201 g/mol. The van der Waals surface area contributed by atoms with Crippen molar-refractivity contribution < 1.29 is 0 Å². The molecule has 0 amide bonds. The van der Waals surface area contributed by atoms with Gasteiger partial charge in [0.2, 0.25) is 0 Å². The fraction of sp³-hybridized carbons (Fsp3) is 0.417. The maximum atomic E-state index is 8.66. The van der Waals surface area contributed by atoms with Gasteiger partial charge in [0, 0.05) is 19.1 Å². The fourth-order valence-electron chi connectivity index (χ4n) is 1.79. The third-order valence-corrected chi connectivity index (χ3v) is 2.74. The molecular formula is C12H15N3. The second-order valence-corrected chi connectivity index (χ2v) is 3.88. The van der Waals surface area contributed by atoms with Gasteiger partial charge in [-0.25, -0.2) is 0 Å². The molecule has 1 fully saturated rings. The van der Waals surface area contributed by atoms with Gasteiger partial charge < -0.3 is 10.6 Å². The molecule has 2 rings (SSSR count). The van der Waals surface area contributed by atoms with E-state index in [1.807, 2.05) is 24.3 Å². The smallest absolute Gasteiger partial charge is 0.0991 e. The average Bonchev–Trinajstić information content (AvgIpc) is 2.80. The molecule has 0 bridgehead atoms. The zero-order valence-electron chi connectivity index (χ0n) is 8.66. The molecule has 1 aromatic carbocycles. The Morgan fingerprint density at radius 3 is 2.80 bits per heavy atom. The molecule has 0 spiro atoms. The van der Waals surface area contributed by atoms with Crippen molar-refractivity contribution in [2.45, 2.75) is 19.0 Å². The van der Waals surface area contributed by atoms with Crippen LogP contribution in [-0.4, -0.2) is 19.1 Å². The van der Waals surface area contributed by atoms with Gasteiger partial charge in [0.05, 0.1) is 11.6 Å². The van der Waals surface area contributed by atoms with E-state index >= 15 is 0 Å². The highest BCUT2D eigenvalue weighted by Crippen LogP contribution is 2.04. The maximum absolute atomic E-state index is 8.66. The predicted octanol–water partition coefficient (Wildman–Crippen LogP) is 1.01. The second kappa shape index (κ2) is 4.92. The Labute approximate surface area is 90.1 Å². The molecular weight excluding hydrogens is 186 g/mol. The van der Waals surface area contributed by atoms with Gasteiger partial charge in [-0.1, -0.05) is 12.1 Å². The highest BCUT2D eigenvalue weighted by atomic mass is 15.0. The van der Waals surface area contributed by atoms with Crippen molar-refractivity contribution in [3.05, 3.63) is 35.4 Å². The van der Waals surface area contributed by atoms with Crippen LogP contribution in [0, 0.1) is 11.3 Å². The summed E-state index contributed by atoms with van der Waals surface area (Å²) in [7, 11) is 0. The second-order valence-electron chi connectivity index (χ2n) is 3.88. The van der Waals surface area contributed by atoms with Crippen molar-refractivity contribution in [3.63, 3.8) is 0 Å². The van der Waals surface area contributed by atoms with Crippen LogP contribution in [0.1, 0.15) is 17.5 Å². The molecule has 1 aromatic rings. The van der Waals surface area contributed by atoms with Gasteiger partial charge in [0.25, 0.3) is 0 Å². The van der Waals surface area contributed by atoms with Crippen LogP contribution in [0.15, 0.2) is 24.3 Å². The Hall–Kier alpha value is -1.37. The van der Waals surface area contributed by atoms with Crippen LogP contribution in [0.4, 0.5) is 0 Å². The van der Waals surface area contributed by atoms with E-state index in [4.69, 9.17) is 5.26 Å². The summed E-state index contributed by atoms with van der Waals surface area (Å²) in [6, 6.07) is 10.5. The third kappa shape index (κ3) is 2.79. The van der Waals surface area contributed by atoms with E-state index in [1.54, 1.807) is 0 Å². The number of rotatable bonds is 3. The zero-order chi connectivity index (χ0) is 10.5. The first kappa shape index (κ1) is 10.2. The van der Waals surface area contributed by atoms with E-state index < -0.39 is 0 Å². The van der Waals surface area contributed by atoms with E-state index in [0.29, 0.717) is 6.04 Å². The first-order valence-electron chi connectivity index (χ1n) is 5.31. The molecule has 2 N–H and O–H groups in total. The summed E-state index contributed by atoms with van der Waals surface area (Å²) in [6.45, 7) is 3.07. The van der Waals surface area contributed by atoms with Gasteiger partial charge in [-0.3, -0.25) is 0 Å². The van der Waals surface area contributed by atoms with Crippen molar-refractivity contribution >= 4 is 0 Å². The summed E-state index contributed by atoms with van der Waals surface area (Å²) in [6.07, 6.45) is 1.20. The standard InChI is InChI=1S/C12H15N3/c13-7-10-1-3-11(4-2-10)8-15-12-5-6-14-9-12/h1-4,12,14-15H,5-6,8-9H2/t12-/m1/s1. The number of nitrogens with zero attached hydrogens (tertiary/aromatic N) is 1. The minimum atomic E-state index is 0.598. The van der Waals surface area contributed by atoms with E-state index in [2.05, 4.69) is 16.7 Å². The lowest BCUT2D eigenvalue weighted by molar-refractivity contribution is 0.547. The molecule has 1 aliphatic heterocycles. The predicted molar refractivity (Wildman–Crippen MR) is 59.3 cm³/mol. The Balaban J connectivity index is 1.85. The van der Waals surface area contributed by atoms with Crippen LogP contribution >= 0.6 is 0 Å². The first-order chi connectivity index (χ1) is 7.38. The molecule has 0 saturated carbocycles. The van der Waals surface area contributed by atoms with Gasteiger partial charge >= 0.3 is 0 Å². The van der Waals surface area contributed by atoms with Crippen LogP contribution in [-0.2, 0) is 6.54 Å². The molecule has 3 heteroatoms. The molecule has 1 aliphatic rings. The topological polar surface area (TPSA) is 47.9 Å². The number of nitriles is 1. The summed E-state index contributed by atoms with van der Waals surface area (Å²) in [5, 5.41) is 15.5. The third-order valence-electron chi connectivity index (χ3n) is 2.74. The van der Waals surface area contributed by atoms with Crippen LogP contribution in [0.2, 0.25) is 0 Å². The highest BCUT2D eigenvalue weighted by molar-refractivity contribution is 5.31. The molecule has 3 nitrogen and oxygen atoms in total. The molecule has 0 aromatic heterocycles. The Morgan fingerprint density at radius 1 is 1.40 bits per heavy atom. The van der Waals surface area contributed by atoms with Gasteiger partial charge in [-0.15, -0.1) is 0 Å². The number of hydrogen-bond donors (Lipinski definition) is 2. The summed E-state index contributed by atoms with van der Waals surface area (Å²) in [5.41, 5.74) is 1.96. The first-order valence-corrected chi connectivity index (χ1v) is 5.31. The van der Waals surface area contributed by atoms with Crippen LogP contribution in [0.3, 0.4) is 0 Å². The quantitative estimate of drug-likeness (QED) is 0.767. The molecule has 1 heterocycles. The van der Waals surface area contributed by atoms with Gasteiger partial charge in [-0.05, 0) is 30.7 Å². The van der Waals surface area contributed by atoms with Gasteiger partial charge in [0.15, 0.2) is 0 Å². The normalized spacial score (nSPS) is 20.1. The maximum Gasteiger partial charge on any atom is 0.0991 e. The lowest BCUT2D eigenvalue weighted by atomic mass is 10.1. The summed E-state index contributed by atoms with van der Waals surface area (Å²) >= 11 is 0. The van der Waals surface area contributed by atoms with Crippen molar-refractivity contribution in [1.29, 1.82) is 5.26 Å². The minimum absolute atomic E-state index is 0.598. The van der Waals surface area contributed by atoms with Gasteiger partial charge in [0.1, 0.15) is 0 Å². The van der Waals surface area contributed by atoms with Crippen molar-refractivity contribution in [1.82, 2.24) is 10.6 Å². The van der Waals surface area contributed by atoms with E-state index in [-0.39, 0.29) is 0 Å². The number of nitrogens with one attached hydrogen (secondary N) is 2. The van der Waals surface area contributed by atoms with E-state index in [1.165, 1.54) is 12.0 Å². The monoisotopic (exact) mass is 201 g/mol. The lowest BCUT2D eigenvalue weighted by Crippen LogP contribution is -2.30. The van der Waals surface area contributed by atoms with Crippen LogP contribution < -0.4 is 10.6 Å². The summed E-state index contributed by atoms with van der Waals surface area (Å²) < 4.78 is 0. The van der Waals surface area contributed by atoms with Crippen molar-refractivity contribution in [2.75, 3.05) is 13.1 Å².